The predicted molar refractivity (Wildman–Crippen MR) is 105 cm³/mol. The maximum atomic E-state index is 12.8. The summed E-state index contributed by atoms with van der Waals surface area (Å²) in [5, 5.41) is 0.930. The molecule has 1 aliphatic rings. The van der Waals surface area contributed by atoms with Crippen LogP contribution in [0.25, 0.3) is 0 Å². The molecule has 0 N–H and O–H groups in total. The Hall–Kier alpha value is -2.27. The van der Waals surface area contributed by atoms with Gasteiger partial charge < -0.3 is 9.64 Å². The molecule has 1 atom stereocenters. The number of aliphatic imine (C=N–C) groups is 1. The Morgan fingerprint density at radius 2 is 1.92 bits per heavy atom. The number of Topliss-reactive ketones (excluding diaryl/α,β-unsaturated/α-hetero) is 1. The smallest absolute Gasteiger partial charge is 0.182 e. The number of hydrogen-bond donors (Lipinski definition) is 0. The number of ketones is 1. The standard InChI is InChI=1S/C20H22N2O2S/c1-3-16-14-25-20(21-16)22(17-7-5-4-6-8-17)13-19(23)15-9-11-18(24-2)12-10-15/h4-12,16H,3,13-14H2,1-2H3. The van der Waals surface area contributed by atoms with Crippen LogP contribution < -0.4 is 9.64 Å². The first-order valence-electron chi connectivity index (χ1n) is 8.41. The van der Waals surface area contributed by atoms with Crippen molar-refractivity contribution in [1.82, 2.24) is 0 Å². The Labute approximate surface area is 152 Å². The Balaban J connectivity index is 1.83. The van der Waals surface area contributed by atoms with E-state index in [2.05, 4.69) is 6.92 Å². The average molecular weight is 354 g/mol. The highest BCUT2D eigenvalue weighted by Gasteiger charge is 2.24. The van der Waals surface area contributed by atoms with Crippen LogP contribution in [-0.2, 0) is 0 Å². The minimum Gasteiger partial charge on any atom is -0.497 e. The normalized spacial score (nSPS) is 16.4. The topological polar surface area (TPSA) is 41.9 Å². The van der Waals surface area contributed by atoms with Crippen LogP contribution in [0.3, 0.4) is 0 Å². The summed E-state index contributed by atoms with van der Waals surface area (Å²) in [7, 11) is 1.62. The lowest BCUT2D eigenvalue weighted by Gasteiger charge is -2.23. The number of nitrogens with zero attached hydrogens (tertiary/aromatic N) is 2. The summed E-state index contributed by atoms with van der Waals surface area (Å²) in [5.41, 5.74) is 1.67. The minimum atomic E-state index is 0.0646. The van der Waals surface area contributed by atoms with Gasteiger partial charge in [-0.15, -0.1) is 0 Å². The zero-order valence-electron chi connectivity index (χ0n) is 14.5. The lowest BCUT2D eigenvalue weighted by molar-refractivity contribution is 0.100. The molecule has 25 heavy (non-hydrogen) atoms. The summed E-state index contributed by atoms with van der Waals surface area (Å²) in [6.45, 7) is 2.42. The second-order valence-electron chi connectivity index (χ2n) is 5.86. The third-order valence-corrected chi connectivity index (χ3v) is 5.32. The minimum absolute atomic E-state index is 0.0646. The van der Waals surface area contributed by atoms with E-state index in [1.54, 1.807) is 18.9 Å². The Kier molecular flexibility index (Phi) is 5.76. The molecule has 1 heterocycles. The molecule has 0 aromatic heterocycles. The van der Waals surface area contributed by atoms with Crippen molar-refractivity contribution in [2.75, 3.05) is 24.3 Å². The van der Waals surface area contributed by atoms with Crippen molar-refractivity contribution in [1.29, 1.82) is 0 Å². The molecule has 2 aromatic carbocycles. The molecule has 0 fully saturated rings. The van der Waals surface area contributed by atoms with E-state index < -0.39 is 0 Å². The Morgan fingerprint density at radius 3 is 2.52 bits per heavy atom. The fourth-order valence-corrected chi connectivity index (χ4v) is 3.85. The fourth-order valence-electron chi connectivity index (χ4n) is 2.65. The van der Waals surface area contributed by atoms with Crippen LogP contribution in [-0.4, -0.2) is 36.4 Å². The van der Waals surface area contributed by atoms with Crippen LogP contribution in [0.1, 0.15) is 23.7 Å². The highest BCUT2D eigenvalue weighted by atomic mass is 32.2. The maximum absolute atomic E-state index is 12.8. The lowest BCUT2D eigenvalue weighted by atomic mass is 10.1. The highest BCUT2D eigenvalue weighted by molar-refractivity contribution is 8.14. The van der Waals surface area contributed by atoms with Crippen molar-refractivity contribution in [2.24, 2.45) is 4.99 Å². The summed E-state index contributed by atoms with van der Waals surface area (Å²) < 4.78 is 5.16. The fraction of sp³-hybridized carbons (Fsp3) is 0.300. The van der Waals surface area contributed by atoms with Crippen molar-refractivity contribution in [3.63, 3.8) is 0 Å². The number of amidine groups is 1. The summed E-state index contributed by atoms with van der Waals surface area (Å²) in [6, 6.07) is 17.6. The van der Waals surface area contributed by atoms with Gasteiger partial charge in [0.1, 0.15) is 5.75 Å². The van der Waals surface area contributed by atoms with E-state index in [1.165, 1.54) is 0 Å². The number of benzene rings is 2. The predicted octanol–water partition coefficient (Wildman–Crippen LogP) is 4.27. The third kappa shape index (κ3) is 4.23. The van der Waals surface area contributed by atoms with Crippen LogP contribution in [0.2, 0.25) is 0 Å². The zero-order chi connectivity index (χ0) is 17.6. The van der Waals surface area contributed by atoms with Crippen LogP contribution in [0.15, 0.2) is 59.6 Å². The molecule has 0 aliphatic carbocycles. The van der Waals surface area contributed by atoms with Gasteiger partial charge in [0, 0.05) is 17.0 Å². The summed E-state index contributed by atoms with van der Waals surface area (Å²) >= 11 is 1.72. The van der Waals surface area contributed by atoms with Gasteiger partial charge in [-0.2, -0.15) is 0 Å². The van der Waals surface area contributed by atoms with Crippen LogP contribution >= 0.6 is 11.8 Å². The van der Waals surface area contributed by atoms with Crippen molar-refractivity contribution < 1.29 is 9.53 Å². The molecule has 0 radical (unpaired) electrons. The Morgan fingerprint density at radius 1 is 1.20 bits per heavy atom. The first-order chi connectivity index (χ1) is 12.2. The molecule has 0 saturated carbocycles. The van der Waals surface area contributed by atoms with E-state index in [4.69, 9.17) is 9.73 Å². The van der Waals surface area contributed by atoms with E-state index in [0.29, 0.717) is 11.6 Å². The van der Waals surface area contributed by atoms with Gasteiger partial charge in [-0.1, -0.05) is 36.9 Å². The first-order valence-corrected chi connectivity index (χ1v) is 9.40. The quantitative estimate of drug-likeness (QED) is 0.727. The highest BCUT2D eigenvalue weighted by Crippen LogP contribution is 2.27. The monoisotopic (exact) mass is 354 g/mol. The van der Waals surface area contributed by atoms with Gasteiger partial charge in [0.2, 0.25) is 0 Å². The van der Waals surface area contributed by atoms with Crippen molar-refractivity contribution >= 4 is 28.4 Å². The molecule has 4 nitrogen and oxygen atoms in total. The molecule has 3 rings (SSSR count). The van der Waals surface area contributed by atoms with Gasteiger partial charge in [-0.05, 0) is 42.8 Å². The summed E-state index contributed by atoms with van der Waals surface area (Å²) in [5.74, 6) is 1.79. The molecule has 1 aliphatic heterocycles. The number of thioether (sulfide) groups is 1. The second kappa shape index (κ2) is 8.21. The van der Waals surface area contributed by atoms with Gasteiger partial charge in [0.15, 0.2) is 11.0 Å². The van der Waals surface area contributed by atoms with E-state index in [0.717, 1.165) is 28.8 Å². The van der Waals surface area contributed by atoms with E-state index in [1.807, 2.05) is 59.5 Å². The zero-order valence-corrected chi connectivity index (χ0v) is 15.3. The van der Waals surface area contributed by atoms with Crippen molar-refractivity contribution in [2.45, 2.75) is 19.4 Å². The molecule has 5 heteroatoms. The number of para-hydroxylation sites is 1. The van der Waals surface area contributed by atoms with E-state index >= 15 is 0 Å². The largest absolute Gasteiger partial charge is 0.497 e. The van der Waals surface area contributed by atoms with Crippen LogP contribution in [0.4, 0.5) is 5.69 Å². The summed E-state index contributed by atoms with van der Waals surface area (Å²) in [4.78, 5) is 19.6. The van der Waals surface area contributed by atoms with E-state index in [9.17, 15) is 4.79 Å². The SMILES string of the molecule is CCC1CSC(N(CC(=O)c2ccc(OC)cc2)c2ccccc2)=N1. The molecular weight excluding hydrogens is 332 g/mol. The second-order valence-corrected chi connectivity index (χ2v) is 6.85. The number of anilines is 1. The maximum Gasteiger partial charge on any atom is 0.182 e. The third-order valence-electron chi connectivity index (χ3n) is 4.18. The van der Waals surface area contributed by atoms with Crippen molar-refractivity contribution in [3.8, 4) is 5.75 Å². The van der Waals surface area contributed by atoms with Gasteiger partial charge in [-0.3, -0.25) is 9.79 Å². The molecule has 0 saturated heterocycles. The lowest BCUT2D eigenvalue weighted by Crippen LogP contribution is -2.33. The van der Waals surface area contributed by atoms with Crippen molar-refractivity contribution in [3.05, 3.63) is 60.2 Å². The van der Waals surface area contributed by atoms with Gasteiger partial charge >= 0.3 is 0 Å². The number of methoxy groups -OCH3 is 1. The van der Waals surface area contributed by atoms with Crippen LogP contribution in [0, 0.1) is 0 Å². The molecule has 1 unspecified atom stereocenters. The summed E-state index contributed by atoms with van der Waals surface area (Å²) in [6.07, 6.45) is 1.02. The Bertz CT molecular complexity index is 744. The number of carbonyl (C=O) groups is 1. The molecule has 130 valence electrons. The average Bonchev–Trinajstić information content (AvgIpc) is 3.15. The van der Waals surface area contributed by atoms with Gasteiger partial charge in [0.05, 0.1) is 19.7 Å². The number of hydrogen-bond acceptors (Lipinski definition) is 5. The number of rotatable bonds is 6. The van der Waals surface area contributed by atoms with E-state index in [-0.39, 0.29) is 12.3 Å². The van der Waals surface area contributed by atoms with Gasteiger partial charge in [-0.25, -0.2) is 0 Å². The molecular formula is C20H22N2O2S. The molecule has 0 bridgehead atoms. The van der Waals surface area contributed by atoms with Crippen LogP contribution in [0.5, 0.6) is 5.75 Å². The van der Waals surface area contributed by atoms with Gasteiger partial charge in [0.25, 0.3) is 0 Å². The number of carbonyl (C=O) groups excluding carboxylic acids is 1. The molecule has 0 amide bonds. The molecule has 0 spiro atoms. The molecule has 2 aromatic rings. The number of ether oxygens (including phenoxy) is 1. The first kappa shape index (κ1) is 17.5.